The van der Waals surface area contributed by atoms with E-state index in [4.69, 9.17) is 21.1 Å². The Hall–Kier alpha value is -3.51. The summed E-state index contributed by atoms with van der Waals surface area (Å²) < 4.78 is 13.4. The van der Waals surface area contributed by atoms with Crippen LogP contribution in [0.15, 0.2) is 79.1 Å². The van der Waals surface area contributed by atoms with Gasteiger partial charge in [0.15, 0.2) is 6.61 Å². The summed E-state index contributed by atoms with van der Waals surface area (Å²) >= 11 is 6.03. The van der Waals surface area contributed by atoms with Gasteiger partial charge in [-0.3, -0.25) is 4.79 Å². The predicted octanol–water partition coefficient (Wildman–Crippen LogP) is 5.99. The molecule has 0 fully saturated rings. The summed E-state index contributed by atoms with van der Waals surface area (Å²) in [7, 11) is 0. The van der Waals surface area contributed by atoms with Crippen LogP contribution < -0.4 is 9.47 Å². The lowest BCUT2D eigenvalue weighted by atomic mass is 10.0. The number of carbonyl (C=O) groups is 1. The van der Waals surface area contributed by atoms with Gasteiger partial charge in [-0.2, -0.15) is 5.10 Å². The van der Waals surface area contributed by atoms with E-state index in [0.29, 0.717) is 42.8 Å². The number of hydrogen-bond donors (Lipinski definition) is 0. The second kappa shape index (κ2) is 11.8. The number of pyridine rings is 1. The van der Waals surface area contributed by atoms with Crippen LogP contribution in [-0.4, -0.2) is 40.2 Å². The molecular formula is C28H30ClN3O3. The topological polar surface area (TPSA) is 56.1 Å². The molecule has 4 rings (SSSR count). The van der Waals surface area contributed by atoms with Crippen LogP contribution in [0.5, 0.6) is 11.5 Å². The van der Waals surface area contributed by atoms with Crippen molar-refractivity contribution >= 4 is 23.0 Å². The molecule has 4 aromatic rings. The van der Waals surface area contributed by atoms with E-state index in [0.717, 1.165) is 16.8 Å². The van der Waals surface area contributed by atoms with Crippen molar-refractivity contribution in [3.05, 3.63) is 95.3 Å². The van der Waals surface area contributed by atoms with Crippen molar-refractivity contribution in [2.45, 2.75) is 32.7 Å². The molecule has 0 saturated carbocycles. The highest BCUT2D eigenvalue weighted by atomic mass is 35.5. The molecule has 1 amide bonds. The number of amides is 1. The lowest BCUT2D eigenvalue weighted by Gasteiger charge is -2.23. The van der Waals surface area contributed by atoms with Crippen LogP contribution in [0.1, 0.15) is 37.3 Å². The zero-order valence-electron chi connectivity index (χ0n) is 20.1. The van der Waals surface area contributed by atoms with Gasteiger partial charge in [-0.25, -0.2) is 4.52 Å². The highest BCUT2D eigenvalue weighted by molar-refractivity contribution is 6.30. The maximum atomic E-state index is 13.1. The van der Waals surface area contributed by atoms with Gasteiger partial charge in [-0.1, -0.05) is 43.6 Å². The molecule has 182 valence electrons. The Morgan fingerprint density at radius 2 is 1.86 bits per heavy atom. The molecule has 2 aromatic heterocycles. The molecule has 0 atom stereocenters. The molecule has 0 aliphatic rings. The molecule has 0 unspecified atom stereocenters. The van der Waals surface area contributed by atoms with Crippen LogP contribution in [-0.2, 0) is 11.3 Å². The van der Waals surface area contributed by atoms with E-state index in [9.17, 15) is 4.79 Å². The summed E-state index contributed by atoms with van der Waals surface area (Å²) in [6.07, 6.45) is 4.34. The maximum absolute atomic E-state index is 13.1. The SMILES string of the molecule is CC(C)c1ccc(OCC(=O)N(CCCOc2cccc(Cl)c2)Cc2ccn3nccc3c2)cc1. The van der Waals surface area contributed by atoms with Gasteiger partial charge >= 0.3 is 0 Å². The third-order valence-electron chi connectivity index (χ3n) is 5.74. The molecule has 0 spiro atoms. The van der Waals surface area contributed by atoms with E-state index < -0.39 is 0 Å². The molecule has 2 aromatic carbocycles. The van der Waals surface area contributed by atoms with Crippen molar-refractivity contribution in [3.8, 4) is 11.5 Å². The summed E-state index contributed by atoms with van der Waals surface area (Å²) in [5.74, 6) is 1.78. The van der Waals surface area contributed by atoms with Gasteiger partial charge in [-0.05, 0) is 72.0 Å². The molecule has 0 aliphatic carbocycles. The van der Waals surface area contributed by atoms with Gasteiger partial charge in [-0.15, -0.1) is 0 Å². The van der Waals surface area contributed by atoms with Crippen LogP contribution in [0.4, 0.5) is 0 Å². The van der Waals surface area contributed by atoms with Crippen molar-refractivity contribution in [2.24, 2.45) is 0 Å². The van der Waals surface area contributed by atoms with Crippen LogP contribution in [0.3, 0.4) is 0 Å². The molecule has 0 radical (unpaired) electrons. The van der Waals surface area contributed by atoms with E-state index in [2.05, 4.69) is 18.9 Å². The normalized spacial score (nSPS) is 11.1. The van der Waals surface area contributed by atoms with Gasteiger partial charge < -0.3 is 14.4 Å². The van der Waals surface area contributed by atoms with Crippen molar-refractivity contribution < 1.29 is 14.3 Å². The lowest BCUT2D eigenvalue weighted by Crippen LogP contribution is -2.36. The van der Waals surface area contributed by atoms with Crippen LogP contribution >= 0.6 is 11.6 Å². The molecular weight excluding hydrogens is 462 g/mol. The Morgan fingerprint density at radius 1 is 1.03 bits per heavy atom. The van der Waals surface area contributed by atoms with Gasteiger partial charge in [0.1, 0.15) is 11.5 Å². The minimum Gasteiger partial charge on any atom is -0.493 e. The van der Waals surface area contributed by atoms with Gasteiger partial charge in [0.05, 0.1) is 12.1 Å². The predicted molar refractivity (Wildman–Crippen MR) is 138 cm³/mol. The van der Waals surface area contributed by atoms with E-state index in [1.807, 2.05) is 71.8 Å². The number of halogens is 1. The molecule has 6 nitrogen and oxygen atoms in total. The standard InChI is InChI=1S/C28H30ClN3O3/c1-21(2)23-7-9-26(10-8-23)35-20-28(33)31(14-4-16-34-27-6-3-5-24(29)18-27)19-22-12-15-32-25(17-22)11-13-30-32/h3,5-13,15,17-18,21H,4,14,16,19-20H2,1-2H3. The Bertz CT molecular complexity index is 1250. The number of fused-ring (bicyclic) bond motifs is 1. The summed E-state index contributed by atoms with van der Waals surface area (Å²) in [6, 6.07) is 21.2. The minimum atomic E-state index is -0.0749. The zero-order chi connectivity index (χ0) is 24.6. The third kappa shape index (κ3) is 6.99. The van der Waals surface area contributed by atoms with Crippen molar-refractivity contribution in [1.82, 2.24) is 14.5 Å². The van der Waals surface area contributed by atoms with Gasteiger partial charge in [0, 0.05) is 30.5 Å². The van der Waals surface area contributed by atoms with Crippen LogP contribution in [0.2, 0.25) is 5.02 Å². The molecule has 35 heavy (non-hydrogen) atoms. The first-order valence-corrected chi connectivity index (χ1v) is 12.2. The quantitative estimate of drug-likeness (QED) is 0.242. The van der Waals surface area contributed by atoms with Gasteiger partial charge in [0.2, 0.25) is 0 Å². The highest BCUT2D eigenvalue weighted by Crippen LogP contribution is 2.19. The Labute approximate surface area is 211 Å². The first-order chi connectivity index (χ1) is 17.0. The van der Waals surface area contributed by atoms with E-state index in [1.54, 1.807) is 16.8 Å². The number of hydrogen-bond acceptors (Lipinski definition) is 4. The lowest BCUT2D eigenvalue weighted by molar-refractivity contribution is -0.134. The Morgan fingerprint density at radius 3 is 2.63 bits per heavy atom. The first kappa shape index (κ1) is 24.6. The fourth-order valence-electron chi connectivity index (χ4n) is 3.77. The Kier molecular flexibility index (Phi) is 8.27. The molecule has 2 heterocycles. The first-order valence-electron chi connectivity index (χ1n) is 11.8. The number of ether oxygens (including phenoxy) is 2. The van der Waals surface area contributed by atoms with Gasteiger partial charge in [0.25, 0.3) is 5.91 Å². The summed E-state index contributed by atoms with van der Waals surface area (Å²) in [4.78, 5) is 15.0. The van der Waals surface area contributed by atoms with Crippen molar-refractivity contribution in [3.63, 3.8) is 0 Å². The number of benzene rings is 2. The van der Waals surface area contributed by atoms with E-state index in [-0.39, 0.29) is 12.5 Å². The molecule has 0 N–H and O–H groups in total. The summed E-state index contributed by atoms with van der Waals surface area (Å²) in [5.41, 5.74) is 3.25. The average Bonchev–Trinajstić information content (AvgIpc) is 3.32. The van der Waals surface area contributed by atoms with E-state index in [1.165, 1.54) is 5.56 Å². The smallest absolute Gasteiger partial charge is 0.260 e. The number of nitrogens with zero attached hydrogens (tertiary/aromatic N) is 3. The number of aromatic nitrogens is 2. The third-order valence-corrected chi connectivity index (χ3v) is 5.97. The van der Waals surface area contributed by atoms with Crippen molar-refractivity contribution in [2.75, 3.05) is 19.8 Å². The molecule has 0 bridgehead atoms. The monoisotopic (exact) mass is 491 g/mol. The van der Waals surface area contributed by atoms with Crippen LogP contribution in [0.25, 0.3) is 5.52 Å². The maximum Gasteiger partial charge on any atom is 0.260 e. The minimum absolute atomic E-state index is 0.0227. The molecule has 7 heteroatoms. The number of rotatable bonds is 11. The Balaban J connectivity index is 1.38. The van der Waals surface area contributed by atoms with Crippen LogP contribution in [0, 0.1) is 0 Å². The number of carbonyl (C=O) groups excluding carboxylic acids is 1. The fraction of sp³-hybridized carbons (Fsp3) is 0.286. The zero-order valence-corrected chi connectivity index (χ0v) is 20.8. The molecule has 0 saturated heterocycles. The summed E-state index contributed by atoms with van der Waals surface area (Å²) in [5, 5.41) is 4.87. The fourth-order valence-corrected chi connectivity index (χ4v) is 3.95. The second-order valence-electron chi connectivity index (χ2n) is 8.72. The largest absolute Gasteiger partial charge is 0.493 e. The highest BCUT2D eigenvalue weighted by Gasteiger charge is 2.16. The van der Waals surface area contributed by atoms with E-state index >= 15 is 0 Å². The second-order valence-corrected chi connectivity index (χ2v) is 9.16. The van der Waals surface area contributed by atoms with Crippen molar-refractivity contribution in [1.29, 1.82) is 0 Å². The summed E-state index contributed by atoms with van der Waals surface area (Å²) in [6.45, 7) is 5.77. The molecule has 0 aliphatic heterocycles. The average molecular weight is 492 g/mol.